The van der Waals surface area contributed by atoms with Gasteiger partial charge >= 0.3 is 0 Å². The van der Waals surface area contributed by atoms with E-state index in [0.29, 0.717) is 6.61 Å². The highest BCUT2D eigenvalue weighted by Gasteiger charge is 2.23. The lowest BCUT2D eigenvalue weighted by molar-refractivity contribution is -0.127. The summed E-state index contributed by atoms with van der Waals surface area (Å²) in [6.45, 7) is 2.59. The highest BCUT2D eigenvalue weighted by Crippen LogP contribution is 2.16. The van der Waals surface area contributed by atoms with Crippen LogP contribution < -0.4 is 0 Å². The van der Waals surface area contributed by atoms with Gasteiger partial charge in [-0.1, -0.05) is 0 Å². The molecule has 1 rings (SSSR count). The molecule has 1 aliphatic carbocycles. The van der Waals surface area contributed by atoms with Gasteiger partial charge in [-0.05, 0) is 19.8 Å². The molecular weight excluding hydrogens is 116 g/mol. The smallest absolute Gasteiger partial charge is 0.161 e. The zero-order chi connectivity index (χ0) is 6.69. The highest BCUT2D eigenvalue weighted by atomic mass is 16.5. The second-order valence-electron chi connectivity index (χ2n) is 2.30. The SMILES string of the molecule is CCO[C@H]1CCCC1=O. The Labute approximate surface area is 55.2 Å². The van der Waals surface area contributed by atoms with Gasteiger partial charge in [0.25, 0.3) is 0 Å². The molecular formula is C7H12O2. The van der Waals surface area contributed by atoms with Crippen LogP contribution in [0.3, 0.4) is 0 Å². The summed E-state index contributed by atoms with van der Waals surface area (Å²) in [7, 11) is 0. The molecule has 0 unspecified atom stereocenters. The van der Waals surface area contributed by atoms with Crippen molar-refractivity contribution in [2.75, 3.05) is 6.61 Å². The van der Waals surface area contributed by atoms with Gasteiger partial charge in [-0.15, -0.1) is 0 Å². The topological polar surface area (TPSA) is 26.3 Å². The van der Waals surface area contributed by atoms with Crippen LogP contribution in [0.4, 0.5) is 0 Å². The molecule has 0 aromatic heterocycles. The van der Waals surface area contributed by atoms with Crippen LogP contribution in [0.25, 0.3) is 0 Å². The molecule has 0 N–H and O–H groups in total. The van der Waals surface area contributed by atoms with E-state index >= 15 is 0 Å². The average Bonchev–Trinajstić information content (AvgIpc) is 2.18. The summed E-state index contributed by atoms with van der Waals surface area (Å²) in [4.78, 5) is 10.8. The van der Waals surface area contributed by atoms with Gasteiger partial charge in [0.2, 0.25) is 0 Å². The van der Waals surface area contributed by atoms with Crippen LogP contribution in [0.5, 0.6) is 0 Å². The van der Waals surface area contributed by atoms with Crippen molar-refractivity contribution in [1.29, 1.82) is 0 Å². The third-order valence-electron chi connectivity index (χ3n) is 1.62. The fourth-order valence-electron chi connectivity index (χ4n) is 1.16. The van der Waals surface area contributed by atoms with Crippen molar-refractivity contribution in [1.82, 2.24) is 0 Å². The Morgan fingerprint density at radius 3 is 3.00 bits per heavy atom. The van der Waals surface area contributed by atoms with Gasteiger partial charge in [0.1, 0.15) is 6.10 Å². The van der Waals surface area contributed by atoms with Crippen LogP contribution in [0, 0.1) is 0 Å². The number of carbonyl (C=O) groups is 1. The van der Waals surface area contributed by atoms with E-state index < -0.39 is 0 Å². The second kappa shape index (κ2) is 2.97. The Morgan fingerprint density at radius 2 is 2.56 bits per heavy atom. The van der Waals surface area contributed by atoms with E-state index in [1.807, 2.05) is 6.92 Å². The lowest BCUT2D eigenvalue weighted by Crippen LogP contribution is -2.16. The van der Waals surface area contributed by atoms with Crippen molar-refractivity contribution in [2.24, 2.45) is 0 Å². The number of carbonyl (C=O) groups excluding carboxylic acids is 1. The first kappa shape index (κ1) is 6.75. The molecule has 0 aromatic rings. The predicted molar refractivity (Wildman–Crippen MR) is 34.3 cm³/mol. The van der Waals surface area contributed by atoms with Crippen LogP contribution in [0.2, 0.25) is 0 Å². The molecule has 0 spiro atoms. The van der Waals surface area contributed by atoms with Gasteiger partial charge in [-0.2, -0.15) is 0 Å². The van der Waals surface area contributed by atoms with E-state index in [1.165, 1.54) is 0 Å². The Balaban J connectivity index is 2.31. The van der Waals surface area contributed by atoms with Crippen molar-refractivity contribution in [3.8, 4) is 0 Å². The monoisotopic (exact) mass is 128 g/mol. The van der Waals surface area contributed by atoms with Gasteiger partial charge in [-0.3, -0.25) is 4.79 Å². The molecule has 0 aromatic carbocycles. The van der Waals surface area contributed by atoms with Crippen molar-refractivity contribution in [3.05, 3.63) is 0 Å². The summed E-state index contributed by atoms with van der Waals surface area (Å²) in [5.41, 5.74) is 0. The largest absolute Gasteiger partial charge is 0.371 e. The maximum atomic E-state index is 10.8. The Bertz CT molecular complexity index is 109. The molecule has 9 heavy (non-hydrogen) atoms. The number of hydrogen-bond donors (Lipinski definition) is 0. The van der Waals surface area contributed by atoms with Crippen LogP contribution in [-0.4, -0.2) is 18.5 Å². The van der Waals surface area contributed by atoms with Crippen molar-refractivity contribution < 1.29 is 9.53 Å². The second-order valence-corrected chi connectivity index (χ2v) is 2.30. The molecule has 52 valence electrons. The molecule has 1 saturated carbocycles. The molecule has 0 amide bonds. The minimum atomic E-state index is -0.0602. The third-order valence-corrected chi connectivity index (χ3v) is 1.62. The first-order valence-corrected chi connectivity index (χ1v) is 3.49. The molecule has 1 atom stereocenters. The van der Waals surface area contributed by atoms with Crippen molar-refractivity contribution in [3.63, 3.8) is 0 Å². The molecule has 2 nitrogen and oxygen atoms in total. The summed E-state index contributed by atoms with van der Waals surface area (Å²) in [6, 6.07) is 0. The average molecular weight is 128 g/mol. The Morgan fingerprint density at radius 1 is 1.78 bits per heavy atom. The van der Waals surface area contributed by atoms with Crippen molar-refractivity contribution >= 4 is 5.78 Å². The summed E-state index contributed by atoms with van der Waals surface area (Å²) in [5.74, 6) is 0.289. The summed E-state index contributed by atoms with van der Waals surface area (Å²) in [5, 5.41) is 0. The van der Waals surface area contributed by atoms with Crippen LogP contribution in [0.15, 0.2) is 0 Å². The van der Waals surface area contributed by atoms with E-state index in [-0.39, 0.29) is 11.9 Å². The third kappa shape index (κ3) is 1.52. The molecule has 1 fully saturated rings. The summed E-state index contributed by atoms with van der Waals surface area (Å²) in [6.07, 6.45) is 2.62. The molecule has 2 heteroatoms. The molecule has 0 heterocycles. The Hall–Kier alpha value is -0.370. The van der Waals surface area contributed by atoms with Crippen LogP contribution in [-0.2, 0) is 9.53 Å². The van der Waals surface area contributed by atoms with E-state index in [4.69, 9.17) is 4.74 Å². The predicted octanol–water partition coefficient (Wildman–Crippen LogP) is 1.14. The van der Waals surface area contributed by atoms with Crippen LogP contribution in [0.1, 0.15) is 26.2 Å². The molecule has 0 aliphatic heterocycles. The normalized spacial score (nSPS) is 27.2. The standard InChI is InChI=1S/C7H12O2/c1-2-9-7-5-3-4-6(7)8/h7H,2-5H2,1H3/t7-/m0/s1. The number of Topliss-reactive ketones (excluding diaryl/α,β-unsaturated/α-hetero) is 1. The van der Waals surface area contributed by atoms with E-state index in [9.17, 15) is 4.79 Å². The van der Waals surface area contributed by atoms with Crippen molar-refractivity contribution in [2.45, 2.75) is 32.3 Å². The first-order chi connectivity index (χ1) is 4.34. The quantitative estimate of drug-likeness (QED) is 0.557. The maximum absolute atomic E-state index is 10.8. The molecule has 1 aliphatic rings. The number of ether oxygens (including phenoxy) is 1. The van der Waals surface area contributed by atoms with E-state index in [1.54, 1.807) is 0 Å². The number of hydrogen-bond acceptors (Lipinski definition) is 2. The Kier molecular flexibility index (Phi) is 2.22. The zero-order valence-corrected chi connectivity index (χ0v) is 5.72. The number of rotatable bonds is 2. The van der Waals surface area contributed by atoms with E-state index in [2.05, 4.69) is 0 Å². The molecule has 0 radical (unpaired) electrons. The van der Waals surface area contributed by atoms with Gasteiger partial charge in [0.15, 0.2) is 5.78 Å². The van der Waals surface area contributed by atoms with Gasteiger partial charge in [-0.25, -0.2) is 0 Å². The highest BCUT2D eigenvalue weighted by molar-refractivity contribution is 5.84. The fraction of sp³-hybridized carbons (Fsp3) is 0.857. The molecule has 0 saturated heterocycles. The first-order valence-electron chi connectivity index (χ1n) is 3.49. The van der Waals surface area contributed by atoms with Crippen LogP contribution >= 0.6 is 0 Å². The van der Waals surface area contributed by atoms with Gasteiger partial charge in [0.05, 0.1) is 0 Å². The molecule has 0 bridgehead atoms. The fourth-order valence-corrected chi connectivity index (χ4v) is 1.16. The summed E-state index contributed by atoms with van der Waals surface area (Å²) >= 11 is 0. The zero-order valence-electron chi connectivity index (χ0n) is 5.72. The maximum Gasteiger partial charge on any atom is 0.161 e. The van der Waals surface area contributed by atoms with Gasteiger partial charge in [0, 0.05) is 13.0 Å². The minimum absolute atomic E-state index is 0.0602. The lowest BCUT2D eigenvalue weighted by atomic mass is 10.3. The lowest BCUT2D eigenvalue weighted by Gasteiger charge is -2.05. The minimum Gasteiger partial charge on any atom is -0.371 e. The summed E-state index contributed by atoms with van der Waals surface area (Å²) < 4.78 is 5.17. The van der Waals surface area contributed by atoms with Gasteiger partial charge < -0.3 is 4.74 Å². The van der Waals surface area contributed by atoms with E-state index in [0.717, 1.165) is 19.3 Å². The number of ketones is 1.